The molecule has 0 N–H and O–H groups in total. The number of halogens is 3. The first-order chi connectivity index (χ1) is 11.5. The lowest BCUT2D eigenvalue weighted by atomic mass is 9.76. The molecule has 1 aromatic carbocycles. The van der Waals surface area contributed by atoms with Crippen molar-refractivity contribution in [1.82, 2.24) is 4.98 Å². The van der Waals surface area contributed by atoms with Crippen molar-refractivity contribution in [2.24, 2.45) is 0 Å². The molecule has 0 aliphatic carbocycles. The Morgan fingerprint density at radius 2 is 1.52 bits per heavy atom. The lowest BCUT2D eigenvalue weighted by Crippen LogP contribution is -2.41. The van der Waals surface area contributed by atoms with Crippen LogP contribution >= 0.6 is 0 Å². The van der Waals surface area contributed by atoms with Crippen LogP contribution in [0.5, 0.6) is 0 Å². The Labute approximate surface area is 145 Å². The van der Waals surface area contributed by atoms with Gasteiger partial charge in [0.15, 0.2) is 0 Å². The summed E-state index contributed by atoms with van der Waals surface area (Å²) in [7, 11) is -0.782. The van der Waals surface area contributed by atoms with Crippen LogP contribution in [0.2, 0.25) is 0 Å². The van der Waals surface area contributed by atoms with E-state index in [0.717, 1.165) is 6.07 Å². The number of hydrogen-bond acceptors (Lipinski definition) is 3. The number of alkyl halides is 3. The summed E-state index contributed by atoms with van der Waals surface area (Å²) in [4.78, 5) is 4.20. The predicted octanol–water partition coefficient (Wildman–Crippen LogP) is 4.07. The fourth-order valence-electron chi connectivity index (χ4n) is 2.74. The van der Waals surface area contributed by atoms with E-state index in [9.17, 15) is 13.2 Å². The van der Waals surface area contributed by atoms with Gasteiger partial charge in [-0.25, -0.2) is 0 Å². The van der Waals surface area contributed by atoms with E-state index >= 15 is 0 Å². The van der Waals surface area contributed by atoms with Gasteiger partial charge in [0.25, 0.3) is 0 Å². The monoisotopic (exact) mass is 349 g/mol. The summed E-state index contributed by atoms with van der Waals surface area (Å²) in [5.41, 5.74) is -1.19. The van der Waals surface area contributed by atoms with Crippen LogP contribution in [0.3, 0.4) is 0 Å². The Bertz CT molecular complexity index is 774. The number of rotatable bonds is 2. The molecule has 1 aliphatic rings. The molecule has 3 nitrogen and oxygen atoms in total. The van der Waals surface area contributed by atoms with Crippen LogP contribution in [0.15, 0.2) is 42.6 Å². The molecule has 1 saturated heterocycles. The summed E-state index contributed by atoms with van der Waals surface area (Å²) >= 11 is 0. The van der Waals surface area contributed by atoms with Crippen LogP contribution in [0.1, 0.15) is 33.3 Å². The molecule has 0 unspecified atom stereocenters. The second-order valence-electron chi connectivity index (χ2n) is 7.07. The highest BCUT2D eigenvalue weighted by Crippen LogP contribution is 2.39. The quantitative estimate of drug-likeness (QED) is 0.766. The number of pyridine rings is 1. The zero-order chi connectivity index (χ0) is 18.5. The van der Waals surface area contributed by atoms with E-state index in [1.54, 1.807) is 18.2 Å². The number of benzene rings is 1. The van der Waals surface area contributed by atoms with Crippen LogP contribution in [-0.2, 0) is 15.5 Å². The molecular weight excluding hydrogens is 330 g/mol. The van der Waals surface area contributed by atoms with Gasteiger partial charge >= 0.3 is 13.3 Å². The van der Waals surface area contributed by atoms with Gasteiger partial charge in [-0.2, -0.15) is 13.2 Å². The van der Waals surface area contributed by atoms with Gasteiger partial charge in [0, 0.05) is 17.2 Å². The van der Waals surface area contributed by atoms with E-state index in [2.05, 4.69) is 4.98 Å². The molecule has 7 heteroatoms. The van der Waals surface area contributed by atoms with Gasteiger partial charge in [-0.05, 0) is 39.8 Å². The van der Waals surface area contributed by atoms with Crippen molar-refractivity contribution in [3.05, 3.63) is 48.2 Å². The average Bonchev–Trinajstić information content (AvgIpc) is 2.74. The zero-order valence-electron chi connectivity index (χ0n) is 14.5. The maximum atomic E-state index is 13.4. The summed E-state index contributed by atoms with van der Waals surface area (Å²) in [6, 6.07) is 8.76. The maximum Gasteiger partial charge on any atom is 0.497 e. The minimum atomic E-state index is -4.47. The van der Waals surface area contributed by atoms with Crippen molar-refractivity contribution in [2.45, 2.75) is 45.1 Å². The van der Waals surface area contributed by atoms with Crippen LogP contribution in [0, 0.1) is 0 Å². The van der Waals surface area contributed by atoms with E-state index in [-0.39, 0.29) is 11.3 Å². The van der Waals surface area contributed by atoms with Gasteiger partial charge in [-0.1, -0.05) is 24.3 Å². The average molecular weight is 349 g/mol. The molecule has 0 saturated carbocycles. The molecule has 25 heavy (non-hydrogen) atoms. The molecule has 0 atom stereocenters. The first-order valence-corrected chi connectivity index (χ1v) is 8.00. The van der Waals surface area contributed by atoms with Crippen LogP contribution in [0.25, 0.3) is 11.3 Å². The Morgan fingerprint density at radius 1 is 0.920 bits per heavy atom. The zero-order valence-corrected chi connectivity index (χ0v) is 14.5. The van der Waals surface area contributed by atoms with Crippen LogP contribution in [0.4, 0.5) is 13.2 Å². The van der Waals surface area contributed by atoms with Crippen LogP contribution < -0.4 is 5.46 Å². The standard InChI is InChI=1S/C18H19BF3NO2/c1-16(2)17(3,4)25-19(24-16)14-10-7-11-23-15(14)12-8-5-6-9-13(12)18(20,21)22/h5-11H,1-4H3. The molecule has 2 heterocycles. The first-order valence-electron chi connectivity index (χ1n) is 8.00. The smallest absolute Gasteiger partial charge is 0.399 e. The van der Waals surface area contributed by atoms with Crippen molar-refractivity contribution in [3.8, 4) is 11.3 Å². The second kappa shape index (κ2) is 5.85. The Hall–Kier alpha value is -1.86. The highest BCUT2D eigenvalue weighted by Gasteiger charge is 2.52. The highest BCUT2D eigenvalue weighted by atomic mass is 19.4. The van der Waals surface area contributed by atoms with Gasteiger partial charge in [-0.3, -0.25) is 4.98 Å². The Kier molecular flexibility index (Phi) is 4.20. The number of nitrogens with zero attached hydrogens (tertiary/aromatic N) is 1. The van der Waals surface area contributed by atoms with Crippen molar-refractivity contribution in [1.29, 1.82) is 0 Å². The van der Waals surface area contributed by atoms with E-state index in [1.807, 2.05) is 27.7 Å². The largest absolute Gasteiger partial charge is 0.497 e. The van der Waals surface area contributed by atoms with Crippen molar-refractivity contribution in [3.63, 3.8) is 0 Å². The molecule has 0 radical (unpaired) electrons. The van der Waals surface area contributed by atoms with Gasteiger partial charge in [-0.15, -0.1) is 0 Å². The van der Waals surface area contributed by atoms with Gasteiger partial charge in [0.2, 0.25) is 0 Å². The summed E-state index contributed by atoms with van der Waals surface area (Å²) in [5, 5.41) is 0. The van der Waals surface area contributed by atoms with Gasteiger partial charge < -0.3 is 9.31 Å². The fraction of sp³-hybridized carbons (Fsp3) is 0.389. The topological polar surface area (TPSA) is 31.4 Å². The summed E-state index contributed by atoms with van der Waals surface area (Å²) < 4.78 is 52.2. The Balaban J connectivity index is 2.11. The molecule has 1 aliphatic heterocycles. The van der Waals surface area contributed by atoms with Gasteiger partial charge in [0.1, 0.15) is 0 Å². The lowest BCUT2D eigenvalue weighted by molar-refractivity contribution is -0.137. The molecular formula is C18H19BF3NO2. The van der Waals surface area contributed by atoms with Gasteiger partial charge in [0.05, 0.1) is 22.5 Å². The molecule has 0 amide bonds. The van der Waals surface area contributed by atoms with E-state index < -0.39 is 30.1 Å². The minimum Gasteiger partial charge on any atom is -0.399 e. The van der Waals surface area contributed by atoms with E-state index in [1.165, 1.54) is 18.3 Å². The first kappa shape index (κ1) is 18.0. The van der Waals surface area contributed by atoms with Crippen molar-refractivity contribution < 1.29 is 22.5 Å². The minimum absolute atomic E-state index is 0.0142. The normalized spacial score (nSPS) is 19.2. The number of aromatic nitrogens is 1. The SMILES string of the molecule is CC1(C)OB(c2cccnc2-c2ccccc2C(F)(F)F)OC1(C)C. The second-order valence-corrected chi connectivity index (χ2v) is 7.07. The molecule has 132 valence electrons. The molecule has 1 aromatic heterocycles. The predicted molar refractivity (Wildman–Crippen MR) is 90.4 cm³/mol. The summed E-state index contributed by atoms with van der Waals surface area (Å²) in [6.07, 6.45) is -3.00. The summed E-state index contributed by atoms with van der Waals surface area (Å²) in [6.45, 7) is 7.58. The third-order valence-corrected chi connectivity index (χ3v) is 4.83. The molecule has 0 bridgehead atoms. The third-order valence-electron chi connectivity index (χ3n) is 4.83. The fourth-order valence-corrected chi connectivity index (χ4v) is 2.74. The number of hydrogen-bond donors (Lipinski definition) is 0. The summed E-state index contributed by atoms with van der Waals surface area (Å²) in [5.74, 6) is 0. The van der Waals surface area contributed by atoms with E-state index in [4.69, 9.17) is 9.31 Å². The molecule has 1 fully saturated rings. The molecule has 3 rings (SSSR count). The third kappa shape index (κ3) is 3.18. The van der Waals surface area contributed by atoms with Crippen LogP contribution in [-0.4, -0.2) is 23.3 Å². The van der Waals surface area contributed by atoms with Crippen molar-refractivity contribution >= 4 is 12.6 Å². The maximum absolute atomic E-state index is 13.4. The van der Waals surface area contributed by atoms with E-state index in [0.29, 0.717) is 5.46 Å². The lowest BCUT2D eigenvalue weighted by Gasteiger charge is -2.32. The highest BCUT2D eigenvalue weighted by molar-refractivity contribution is 6.63. The molecule has 0 spiro atoms. The van der Waals surface area contributed by atoms with Crippen molar-refractivity contribution in [2.75, 3.05) is 0 Å². The Morgan fingerprint density at radius 3 is 2.12 bits per heavy atom. The molecule has 2 aromatic rings.